The van der Waals surface area contributed by atoms with Gasteiger partial charge in [-0.2, -0.15) is 13.2 Å². The molecule has 0 atom stereocenters. The van der Waals surface area contributed by atoms with Gasteiger partial charge in [-0.25, -0.2) is 0 Å². The minimum Gasteiger partial charge on any atom is -0.492 e. The normalized spacial score (nSPS) is 16.8. The summed E-state index contributed by atoms with van der Waals surface area (Å²) < 4.78 is 43.0. The first-order valence-corrected chi connectivity index (χ1v) is 8.13. The van der Waals surface area contributed by atoms with Gasteiger partial charge in [0.25, 0.3) is 0 Å². The molecule has 1 heterocycles. The predicted octanol–water partition coefficient (Wildman–Crippen LogP) is 2.93. The Morgan fingerprint density at radius 3 is 2.71 bits per heavy atom. The van der Waals surface area contributed by atoms with Gasteiger partial charge in [-0.05, 0) is 50.0 Å². The maximum atomic E-state index is 12.6. The Morgan fingerprint density at radius 2 is 2.04 bits per heavy atom. The summed E-state index contributed by atoms with van der Waals surface area (Å²) in [5.41, 5.74) is -0.747. The molecule has 1 saturated heterocycles. The number of alkyl halides is 3. The van der Waals surface area contributed by atoms with Crippen LogP contribution in [0.15, 0.2) is 24.3 Å². The second kappa shape index (κ2) is 8.37. The third-order valence-electron chi connectivity index (χ3n) is 4.10. The zero-order valence-corrected chi connectivity index (χ0v) is 13.7. The Labute approximate surface area is 140 Å². The van der Waals surface area contributed by atoms with Crippen molar-refractivity contribution in [3.05, 3.63) is 29.8 Å². The van der Waals surface area contributed by atoms with Crippen LogP contribution in [-0.4, -0.2) is 43.6 Å². The second-order valence-electron chi connectivity index (χ2n) is 6.18. The fourth-order valence-electron chi connectivity index (χ4n) is 2.60. The van der Waals surface area contributed by atoms with Crippen molar-refractivity contribution in [3.63, 3.8) is 0 Å². The average molecular weight is 344 g/mol. The number of nitrogens with one attached hydrogen (secondary N) is 1. The lowest BCUT2D eigenvalue weighted by Gasteiger charge is -2.29. The van der Waals surface area contributed by atoms with Gasteiger partial charge in [-0.3, -0.25) is 9.69 Å². The first-order valence-electron chi connectivity index (χ1n) is 8.13. The fourth-order valence-corrected chi connectivity index (χ4v) is 2.60. The summed E-state index contributed by atoms with van der Waals surface area (Å²) in [6, 6.07) is 4.71. The highest BCUT2D eigenvalue weighted by Gasteiger charge is 2.30. The van der Waals surface area contributed by atoms with E-state index >= 15 is 0 Å². The molecule has 134 valence electrons. The molecular formula is C17H23F3N2O2. The van der Waals surface area contributed by atoms with Crippen molar-refractivity contribution in [2.75, 3.05) is 32.8 Å². The van der Waals surface area contributed by atoms with Gasteiger partial charge in [0.15, 0.2) is 0 Å². The predicted molar refractivity (Wildman–Crippen MR) is 84.8 cm³/mol. The summed E-state index contributed by atoms with van der Waals surface area (Å²) in [7, 11) is 0. The van der Waals surface area contributed by atoms with E-state index in [1.165, 1.54) is 12.1 Å². The summed E-state index contributed by atoms with van der Waals surface area (Å²) in [4.78, 5) is 13.9. The molecule has 1 amide bonds. The van der Waals surface area contributed by atoms with Gasteiger partial charge in [0.05, 0.1) is 18.7 Å². The zero-order valence-electron chi connectivity index (χ0n) is 13.7. The first-order chi connectivity index (χ1) is 11.3. The Morgan fingerprint density at radius 1 is 1.33 bits per heavy atom. The van der Waals surface area contributed by atoms with Crippen LogP contribution in [-0.2, 0) is 11.0 Å². The summed E-state index contributed by atoms with van der Waals surface area (Å²) in [6.45, 7) is 4.81. The lowest BCUT2D eigenvalue weighted by molar-refractivity contribution is -0.137. The van der Waals surface area contributed by atoms with E-state index in [1.807, 2.05) is 0 Å². The summed E-state index contributed by atoms with van der Waals surface area (Å²) in [5, 5.41) is 2.73. The van der Waals surface area contributed by atoms with E-state index in [1.54, 1.807) is 0 Å². The van der Waals surface area contributed by atoms with Gasteiger partial charge < -0.3 is 10.1 Å². The molecular weight excluding hydrogens is 321 g/mol. The van der Waals surface area contributed by atoms with Crippen molar-refractivity contribution in [1.82, 2.24) is 10.2 Å². The van der Waals surface area contributed by atoms with Gasteiger partial charge in [-0.15, -0.1) is 0 Å². The molecule has 1 fully saturated rings. The maximum absolute atomic E-state index is 12.6. The van der Waals surface area contributed by atoms with Crippen molar-refractivity contribution < 1.29 is 22.7 Å². The van der Waals surface area contributed by atoms with Crippen LogP contribution in [0.3, 0.4) is 0 Å². The second-order valence-corrected chi connectivity index (χ2v) is 6.18. The lowest BCUT2D eigenvalue weighted by atomic mass is 9.99. The van der Waals surface area contributed by atoms with Crippen molar-refractivity contribution in [2.24, 2.45) is 5.92 Å². The first kappa shape index (κ1) is 18.6. The molecule has 0 radical (unpaired) electrons. The number of rotatable bonds is 6. The number of ether oxygens (including phenoxy) is 1. The topological polar surface area (TPSA) is 41.6 Å². The molecule has 7 heteroatoms. The van der Waals surface area contributed by atoms with Gasteiger partial charge in [0, 0.05) is 0 Å². The molecule has 1 aliphatic heterocycles. The number of amides is 1. The summed E-state index contributed by atoms with van der Waals surface area (Å²) in [6.07, 6.45) is -2.18. The van der Waals surface area contributed by atoms with Crippen molar-refractivity contribution >= 4 is 5.91 Å². The largest absolute Gasteiger partial charge is 0.492 e. The monoisotopic (exact) mass is 344 g/mol. The maximum Gasteiger partial charge on any atom is 0.416 e. The molecule has 0 aliphatic carbocycles. The number of nitrogens with zero attached hydrogens (tertiary/aromatic N) is 1. The number of likely N-dealkylation sites (tertiary alicyclic amines) is 1. The minimum atomic E-state index is -4.39. The highest BCUT2D eigenvalue weighted by molar-refractivity contribution is 5.78. The third kappa shape index (κ3) is 6.03. The number of benzene rings is 1. The zero-order chi connectivity index (χ0) is 17.6. The number of halogens is 3. The molecule has 0 saturated carbocycles. The third-order valence-corrected chi connectivity index (χ3v) is 4.10. The van der Waals surface area contributed by atoms with Crippen LogP contribution in [0, 0.1) is 5.92 Å². The number of hydrogen-bond donors (Lipinski definition) is 1. The number of carbonyl (C=O) groups is 1. The average Bonchev–Trinajstić information content (AvgIpc) is 2.53. The Hall–Kier alpha value is -1.76. The van der Waals surface area contributed by atoms with Crippen LogP contribution in [0.5, 0.6) is 5.75 Å². The lowest BCUT2D eigenvalue weighted by Crippen LogP contribution is -2.42. The van der Waals surface area contributed by atoms with E-state index in [-0.39, 0.29) is 24.8 Å². The molecule has 0 unspecified atom stereocenters. The summed E-state index contributed by atoms with van der Waals surface area (Å²) >= 11 is 0. The smallest absolute Gasteiger partial charge is 0.416 e. The molecule has 1 aliphatic rings. The highest BCUT2D eigenvalue weighted by atomic mass is 19.4. The molecule has 1 aromatic rings. The van der Waals surface area contributed by atoms with E-state index < -0.39 is 11.7 Å². The molecule has 0 spiro atoms. The van der Waals surface area contributed by atoms with E-state index in [2.05, 4.69) is 17.1 Å². The fraction of sp³-hybridized carbons (Fsp3) is 0.588. The van der Waals surface area contributed by atoms with Crippen LogP contribution in [0.2, 0.25) is 0 Å². The van der Waals surface area contributed by atoms with E-state index in [4.69, 9.17) is 4.74 Å². The standard InChI is InChI=1S/C17H23F3N2O2/c1-13-5-8-22(9-6-13)12-16(23)21-7-10-24-15-4-2-3-14(11-15)17(18,19)20/h2-4,11,13H,5-10,12H2,1H3,(H,21,23). The molecule has 2 rings (SSSR count). The van der Waals surface area contributed by atoms with Crippen LogP contribution < -0.4 is 10.1 Å². The Bertz CT molecular complexity index is 541. The quantitative estimate of drug-likeness (QED) is 0.807. The molecule has 1 aromatic carbocycles. The number of piperidine rings is 1. The van der Waals surface area contributed by atoms with Gasteiger partial charge in [0.1, 0.15) is 12.4 Å². The van der Waals surface area contributed by atoms with Crippen molar-refractivity contribution in [3.8, 4) is 5.75 Å². The molecule has 1 N–H and O–H groups in total. The molecule has 0 bridgehead atoms. The Kier molecular flexibility index (Phi) is 6.48. The van der Waals surface area contributed by atoms with Gasteiger partial charge >= 0.3 is 6.18 Å². The van der Waals surface area contributed by atoms with E-state index in [0.717, 1.165) is 38.1 Å². The molecule has 4 nitrogen and oxygen atoms in total. The van der Waals surface area contributed by atoms with Gasteiger partial charge in [0.2, 0.25) is 5.91 Å². The molecule has 0 aromatic heterocycles. The van der Waals surface area contributed by atoms with Crippen molar-refractivity contribution in [1.29, 1.82) is 0 Å². The van der Waals surface area contributed by atoms with E-state index in [9.17, 15) is 18.0 Å². The van der Waals surface area contributed by atoms with Crippen LogP contribution >= 0.6 is 0 Å². The SMILES string of the molecule is CC1CCN(CC(=O)NCCOc2cccc(C(F)(F)F)c2)CC1. The number of hydrogen-bond acceptors (Lipinski definition) is 3. The highest BCUT2D eigenvalue weighted by Crippen LogP contribution is 2.31. The van der Waals surface area contributed by atoms with Crippen LogP contribution in [0.4, 0.5) is 13.2 Å². The molecule has 24 heavy (non-hydrogen) atoms. The van der Waals surface area contributed by atoms with Crippen molar-refractivity contribution in [2.45, 2.75) is 25.9 Å². The summed E-state index contributed by atoms with van der Waals surface area (Å²) in [5.74, 6) is 0.770. The minimum absolute atomic E-state index is 0.0859. The Balaban J connectivity index is 1.66. The van der Waals surface area contributed by atoms with E-state index in [0.29, 0.717) is 12.5 Å². The van der Waals surface area contributed by atoms with Crippen LogP contribution in [0.1, 0.15) is 25.3 Å². The van der Waals surface area contributed by atoms with Gasteiger partial charge in [-0.1, -0.05) is 13.0 Å². The van der Waals surface area contributed by atoms with Crippen LogP contribution in [0.25, 0.3) is 0 Å². The number of carbonyl (C=O) groups excluding carboxylic acids is 1.